The van der Waals surface area contributed by atoms with Gasteiger partial charge in [-0.3, -0.25) is 0 Å². The van der Waals surface area contributed by atoms with Gasteiger partial charge in [-0.2, -0.15) is 0 Å². The monoisotopic (exact) mass is 394 g/mol. The standard InChI is InChI=1S/C23H30N4O2/c1-5-24-23(26-15-17-10-11-21(28-3)22(14-17)29-4)25-13-12-18-16(2)27-20-9-7-6-8-19(18)20/h6-11,14,27H,5,12-13,15H2,1-4H3,(H2,24,25,26). The van der Waals surface area contributed by atoms with Gasteiger partial charge < -0.3 is 25.1 Å². The molecule has 1 aromatic heterocycles. The van der Waals surface area contributed by atoms with E-state index in [4.69, 9.17) is 14.5 Å². The minimum Gasteiger partial charge on any atom is -0.493 e. The highest BCUT2D eigenvalue weighted by molar-refractivity contribution is 5.84. The molecule has 0 atom stereocenters. The third-order valence-electron chi connectivity index (χ3n) is 4.91. The van der Waals surface area contributed by atoms with Crippen LogP contribution in [0.3, 0.4) is 0 Å². The summed E-state index contributed by atoms with van der Waals surface area (Å²) in [6.45, 7) is 6.37. The lowest BCUT2D eigenvalue weighted by atomic mass is 10.1. The number of ether oxygens (including phenoxy) is 2. The number of methoxy groups -OCH3 is 2. The predicted octanol–water partition coefficient (Wildman–Crippen LogP) is 3.79. The fourth-order valence-corrected chi connectivity index (χ4v) is 3.45. The first-order chi connectivity index (χ1) is 14.2. The van der Waals surface area contributed by atoms with Crippen LogP contribution in [0.4, 0.5) is 0 Å². The summed E-state index contributed by atoms with van der Waals surface area (Å²) in [5.41, 5.74) is 4.82. The number of rotatable bonds is 8. The summed E-state index contributed by atoms with van der Waals surface area (Å²) in [6, 6.07) is 14.3. The number of hydrogen-bond acceptors (Lipinski definition) is 3. The number of aliphatic imine (C=N–C) groups is 1. The van der Waals surface area contributed by atoms with E-state index in [0.29, 0.717) is 12.3 Å². The van der Waals surface area contributed by atoms with Crippen LogP contribution in [0, 0.1) is 6.92 Å². The minimum absolute atomic E-state index is 0.557. The van der Waals surface area contributed by atoms with E-state index in [1.54, 1.807) is 14.2 Å². The molecule has 0 spiro atoms. The molecule has 0 aliphatic heterocycles. The van der Waals surface area contributed by atoms with Crippen LogP contribution in [0.25, 0.3) is 10.9 Å². The summed E-state index contributed by atoms with van der Waals surface area (Å²) in [6.07, 6.45) is 0.927. The predicted molar refractivity (Wildman–Crippen MR) is 119 cm³/mol. The highest BCUT2D eigenvalue weighted by Crippen LogP contribution is 2.27. The number of nitrogens with zero attached hydrogens (tertiary/aromatic N) is 1. The van der Waals surface area contributed by atoms with E-state index in [-0.39, 0.29) is 0 Å². The van der Waals surface area contributed by atoms with Crippen molar-refractivity contribution in [2.24, 2.45) is 4.99 Å². The smallest absolute Gasteiger partial charge is 0.191 e. The Hall–Kier alpha value is -3.15. The van der Waals surface area contributed by atoms with Crippen molar-refractivity contribution in [3.05, 3.63) is 59.3 Å². The first kappa shape index (κ1) is 20.6. The van der Waals surface area contributed by atoms with Crippen LogP contribution in [0.5, 0.6) is 11.5 Å². The maximum Gasteiger partial charge on any atom is 0.191 e. The number of para-hydroxylation sites is 1. The fourth-order valence-electron chi connectivity index (χ4n) is 3.45. The molecule has 6 heteroatoms. The van der Waals surface area contributed by atoms with E-state index in [0.717, 1.165) is 36.8 Å². The Labute approximate surface area is 172 Å². The molecule has 0 fully saturated rings. The topological polar surface area (TPSA) is 70.7 Å². The van der Waals surface area contributed by atoms with Crippen LogP contribution in [-0.4, -0.2) is 38.3 Å². The number of aromatic nitrogens is 1. The largest absolute Gasteiger partial charge is 0.493 e. The Kier molecular flexibility index (Phi) is 7.00. The molecule has 0 unspecified atom stereocenters. The summed E-state index contributed by atoms with van der Waals surface area (Å²) in [4.78, 5) is 8.17. The molecular weight excluding hydrogens is 364 g/mol. The lowest BCUT2D eigenvalue weighted by Crippen LogP contribution is -2.38. The SMILES string of the molecule is CCNC(=NCc1ccc(OC)c(OC)c1)NCCc1c(C)[nH]c2ccccc12. The highest BCUT2D eigenvalue weighted by Gasteiger charge is 2.08. The van der Waals surface area contributed by atoms with Crippen LogP contribution < -0.4 is 20.1 Å². The van der Waals surface area contributed by atoms with E-state index >= 15 is 0 Å². The van der Waals surface area contributed by atoms with E-state index in [1.165, 1.54) is 22.2 Å². The quantitative estimate of drug-likeness (QED) is 0.402. The zero-order chi connectivity index (χ0) is 20.6. The van der Waals surface area contributed by atoms with Gasteiger partial charge in [0.15, 0.2) is 17.5 Å². The molecule has 3 rings (SSSR count). The van der Waals surface area contributed by atoms with E-state index < -0.39 is 0 Å². The Balaban J connectivity index is 1.64. The molecular formula is C23H30N4O2. The molecule has 1 heterocycles. The van der Waals surface area contributed by atoms with Gasteiger partial charge in [-0.15, -0.1) is 0 Å². The van der Waals surface area contributed by atoms with E-state index in [2.05, 4.69) is 53.7 Å². The molecule has 0 aliphatic carbocycles. The highest BCUT2D eigenvalue weighted by atomic mass is 16.5. The van der Waals surface area contributed by atoms with Crippen molar-refractivity contribution in [1.82, 2.24) is 15.6 Å². The maximum absolute atomic E-state index is 5.38. The van der Waals surface area contributed by atoms with Gasteiger partial charge >= 0.3 is 0 Å². The van der Waals surface area contributed by atoms with Crippen molar-refractivity contribution in [1.29, 1.82) is 0 Å². The molecule has 0 bridgehead atoms. The zero-order valence-electron chi connectivity index (χ0n) is 17.6. The van der Waals surface area contributed by atoms with Gasteiger partial charge in [0.1, 0.15) is 0 Å². The number of fused-ring (bicyclic) bond motifs is 1. The third kappa shape index (κ3) is 5.02. The average Bonchev–Trinajstić information content (AvgIpc) is 3.07. The lowest BCUT2D eigenvalue weighted by molar-refractivity contribution is 0.354. The van der Waals surface area contributed by atoms with Crippen molar-refractivity contribution in [3.8, 4) is 11.5 Å². The van der Waals surface area contributed by atoms with Crippen molar-refractivity contribution in [3.63, 3.8) is 0 Å². The van der Waals surface area contributed by atoms with Crippen molar-refractivity contribution in [2.75, 3.05) is 27.3 Å². The summed E-state index contributed by atoms with van der Waals surface area (Å²) in [5.74, 6) is 2.24. The Morgan fingerprint density at radius 3 is 2.59 bits per heavy atom. The molecule has 29 heavy (non-hydrogen) atoms. The molecule has 0 amide bonds. The number of guanidine groups is 1. The summed E-state index contributed by atoms with van der Waals surface area (Å²) < 4.78 is 10.7. The molecule has 154 valence electrons. The van der Waals surface area contributed by atoms with Crippen LogP contribution >= 0.6 is 0 Å². The number of hydrogen-bond donors (Lipinski definition) is 3. The third-order valence-corrected chi connectivity index (χ3v) is 4.91. The van der Waals surface area contributed by atoms with E-state index in [1.807, 2.05) is 18.2 Å². The molecule has 0 saturated heterocycles. The van der Waals surface area contributed by atoms with Gasteiger partial charge in [-0.25, -0.2) is 4.99 Å². The number of aryl methyl sites for hydroxylation is 1. The molecule has 3 aromatic rings. The van der Waals surface area contributed by atoms with Crippen molar-refractivity contribution in [2.45, 2.75) is 26.8 Å². The molecule has 3 N–H and O–H groups in total. The van der Waals surface area contributed by atoms with Crippen LogP contribution in [-0.2, 0) is 13.0 Å². The first-order valence-electron chi connectivity index (χ1n) is 9.95. The van der Waals surface area contributed by atoms with Crippen LogP contribution in [0.15, 0.2) is 47.5 Å². The van der Waals surface area contributed by atoms with Crippen LogP contribution in [0.2, 0.25) is 0 Å². The first-order valence-corrected chi connectivity index (χ1v) is 9.95. The van der Waals surface area contributed by atoms with Gasteiger partial charge in [-0.1, -0.05) is 24.3 Å². The Morgan fingerprint density at radius 2 is 1.83 bits per heavy atom. The van der Waals surface area contributed by atoms with Gasteiger partial charge in [0.2, 0.25) is 0 Å². The number of nitrogens with one attached hydrogen (secondary N) is 3. The maximum atomic E-state index is 5.38. The Morgan fingerprint density at radius 1 is 1.03 bits per heavy atom. The Bertz CT molecular complexity index is 978. The van der Waals surface area contributed by atoms with E-state index in [9.17, 15) is 0 Å². The molecule has 2 aromatic carbocycles. The zero-order valence-corrected chi connectivity index (χ0v) is 17.6. The number of aromatic amines is 1. The molecule has 6 nitrogen and oxygen atoms in total. The second-order valence-corrected chi connectivity index (χ2v) is 6.84. The van der Waals surface area contributed by atoms with Gasteiger partial charge in [0.05, 0.1) is 20.8 Å². The normalized spacial score (nSPS) is 11.5. The van der Waals surface area contributed by atoms with Crippen LogP contribution in [0.1, 0.15) is 23.7 Å². The fraction of sp³-hybridized carbons (Fsp3) is 0.348. The minimum atomic E-state index is 0.557. The van der Waals surface area contributed by atoms with Crippen molar-refractivity contribution >= 4 is 16.9 Å². The van der Waals surface area contributed by atoms with Gasteiger partial charge in [0, 0.05) is 29.7 Å². The second-order valence-electron chi connectivity index (χ2n) is 6.84. The molecule has 0 saturated carbocycles. The summed E-state index contributed by atoms with van der Waals surface area (Å²) in [7, 11) is 3.28. The summed E-state index contributed by atoms with van der Waals surface area (Å²) >= 11 is 0. The van der Waals surface area contributed by atoms with Gasteiger partial charge in [-0.05, 0) is 49.6 Å². The number of H-pyrrole nitrogens is 1. The lowest BCUT2D eigenvalue weighted by Gasteiger charge is -2.12. The number of benzene rings is 2. The summed E-state index contributed by atoms with van der Waals surface area (Å²) in [5, 5.41) is 8.04. The van der Waals surface area contributed by atoms with Gasteiger partial charge in [0.25, 0.3) is 0 Å². The average molecular weight is 395 g/mol. The van der Waals surface area contributed by atoms with Crippen molar-refractivity contribution < 1.29 is 9.47 Å². The second kappa shape index (κ2) is 9.87. The molecule has 0 radical (unpaired) electrons. The molecule has 0 aliphatic rings.